The number of aryl methyl sites for hydroxylation is 1. The zero-order valence-electron chi connectivity index (χ0n) is 23.7. The Morgan fingerprint density at radius 2 is 1.08 bits per heavy atom. The fourth-order valence-corrected chi connectivity index (χ4v) is 4.09. The highest BCUT2D eigenvalue weighted by Crippen LogP contribution is 2.37. The Labute approximate surface area is 216 Å². The van der Waals surface area contributed by atoms with E-state index in [2.05, 4.69) is 12.1 Å². The summed E-state index contributed by atoms with van der Waals surface area (Å²) in [4.78, 5) is 0. The van der Waals surface area contributed by atoms with Gasteiger partial charge >= 0.3 is 14.2 Å². The van der Waals surface area contributed by atoms with Gasteiger partial charge in [-0.3, -0.25) is 0 Å². The van der Waals surface area contributed by atoms with Crippen LogP contribution in [0.4, 0.5) is 0 Å². The van der Waals surface area contributed by atoms with Crippen LogP contribution in [-0.2, 0) is 32.7 Å². The molecule has 2 aliphatic heterocycles. The van der Waals surface area contributed by atoms with E-state index in [1.54, 1.807) is 0 Å². The van der Waals surface area contributed by atoms with Crippen molar-refractivity contribution in [3.05, 3.63) is 34.9 Å². The van der Waals surface area contributed by atoms with Crippen LogP contribution in [0.25, 0.3) is 0 Å². The molecule has 0 amide bonds. The molecular formula is C26H38B2N4O4. The maximum atomic E-state index is 9.25. The number of hydrogen-bond acceptors (Lipinski definition) is 6. The highest BCUT2D eigenvalue weighted by atomic mass is 16.7. The predicted octanol–water partition coefficient (Wildman–Crippen LogP) is 3.01. The van der Waals surface area contributed by atoms with E-state index in [0.717, 1.165) is 22.3 Å². The van der Waals surface area contributed by atoms with Gasteiger partial charge in [0.1, 0.15) is 23.5 Å². The molecule has 4 rings (SSSR count). The Hall–Kier alpha value is -2.49. The van der Waals surface area contributed by atoms with E-state index in [4.69, 9.17) is 23.9 Å². The summed E-state index contributed by atoms with van der Waals surface area (Å²) in [5, 5.41) is 18.3. The average Bonchev–Trinajstić information content (AvgIpc) is 3.36. The summed E-state index contributed by atoms with van der Waals surface area (Å²) in [6, 6.07) is 8.20. The fraction of sp³-hybridized carbons (Fsp3) is 0.615. The summed E-state index contributed by atoms with van der Waals surface area (Å²) in [5.74, 6) is 0. The van der Waals surface area contributed by atoms with Gasteiger partial charge in [0.05, 0.1) is 22.4 Å². The molecule has 0 aliphatic carbocycles. The molecule has 0 unspecified atom stereocenters. The fourth-order valence-electron chi connectivity index (χ4n) is 4.09. The van der Waals surface area contributed by atoms with Crippen molar-refractivity contribution in [2.75, 3.05) is 0 Å². The number of hydrogen-bond donors (Lipinski definition) is 0. The Balaban J connectivity index is 0.000000201. The molecule has 0 aromatic carbocycles. The van der Waals surface area contributed by atoms with Gasteiger partial charge < -0.3 is 27.8 Å². The molecule has 8 nitrogen and oxygen atoms in total. The van der Waals surface area contributed by atoms with Gasteiger partial charge in [-0.15, -0.1) is 0 Å². The molecule has 10 heteroatoms. The van der Waals surface area contributed by atoms with E-state index in [0.29, 0.717) is 11.4 Å². The second kappa shape index (κ2) is 9.11. The normalized spacial score (nSPS) is 21.1. The lowest BCUT2D eigenvalue weighted by Gasteiger charge is -2.32. The standard InChI is InChI=1S/2C13H19BN2O2/c1-9-11(7-10(8-15)16(9)6)14-17-12(2,3)13(4,5)18-14;1-9-7-10(11(8-15)16(9)6)14-17-12(2,3)13(4,5)18-14/h2*7H,1-6H3. The van der Waals surface area contributed by atoms with Gasteiger partial charge in [0.2, 0.25) is 0 Å². The third kappa shape index (κ3) is 4.64. The zero-order valence-corrected chi connectivity index (χ0v) is 23.7. The lowest BCUT2D eigenvalue weighted by atomic mass is 9.79. The zero-order chi connectivity index (χ0) is 27.4. The summed E-state index contributed by atoms with van der Waals surface area (Å²) in [5.41, 5.74) is 3.54. The minimum atomic E-state index is -0.468. The quantitative estimate of drug-likeness (QED) is 0.599. The van der Waals surface area contributed by atoms with Crippen molar-refractivity contribution in [1.29, 1.82) is 10.5 Å². The smallest absolute Gasteiger partial charge is 0.399 e. The molecule has 0 radical (unpaired) electrons. The number of nitriles is 2. The molecule has 36 heavy (non-hydrogen) atoms. The van der Waals surface area contributed by atoms with E-state index < -0.39 is 14.2 Å². The van der Waals surface area contributed by atoms with Crippen molar-refractivity contribution in [2.45, 2.75) is 91.6 Å². The highest BCUT2D eigenvalue weighted by molar-refractivity contribution is 6.63. The van der Waals surface area contributed by atoms with Crippen molar-refractivity contribution >= 4 is 25.2 Å². The molecule has 0 spiro atoms. The Morgan fingerprint density at radius 1 is 0.667 bits per heavy atom. The predicted molar refractivity (Wildman–Crippen MR) is 141 cm³/mol. The number of aromatic nitrogens is 2. The van der Waals surface area contributed by atoms with E-state index >= 15 is 0 Å². The van der Waals surface area contributed by atoms with Crippen LogP contribution in [0.5, 0.6) is 0 Å². The van der Waals surface area contributed by atoms with Gasteiger partial charge in [0.15, 0.2) is 0 Å². The van der Waals surface area contributed by atoms with Gasteiger partial charge in [-0.1, -0.05) is 0 Å². The average molecular weight is 492 g/mol. The topological polar surface area (TPSA) is 94.4 Å². The summed E-state index contributed by atoms with van der Waals surface area (Å²) < 4.78 is 27.7. The van der Waals surface area contributed by atoms with Crippen molar-refractivity contribution in [3.8, 4) is 12.1 Å². The van der Waals surface area contributed by atoms with Gasteiger partial charge in [-0.05, 0) is 81.4 Å². The van der Waals surface area contributed by atoms with Crippen LogP contribution < -0.4 is 10.9 Å². The molecule has 0 bridgehead atoms. The van der Waals surface area contributed by atoms with Crippen LogP contribution in [0.2, 0.25) is 0 Å². The third-order valence-corrected chi connectivity index (χ3v) is 8.31. The van der Waals surface area contributed by atoms with Crippen LogP contribution in [0.1, 0.15) is 78.2 Å². The Morgan fingerprint density at radius 3 is 1.44 bits per heavy atom. The van der Waals surface area contributed by atoms with E-state index in [1.807, 2.05) is 105 Å². The molecule has 192 valence electrons. The first-order valence-corrected chi connectivity index (χ1v) is 12.2. The third-order valence-electron chi connectivity index (χ3n) is 8.31. The molecule has 2 fully saturated rings. The second-order valence-electron chi connectivity index (χ2n) is 11.7. The number of rotatable bonds is 2. The maximum absolute atomic E-state index is 9.25. The molecule has 2 saturated heterocycles. The summed E-state index contributed by atoms with van der Waals surface area (Å²) >= 11 is 0. The van der Waals surface area contributed by atoms with Gasteiger partial charge in [-0.25, -0.2) is 0 Å². The van der Waals surface area contributed by atoms with Gasteiger partial charge in [0.25, 0.3) is 0 Å². The second-order valence-corrected chi connectivity index (χ2v) is 11.7. The molecule has 2 aliphatic rings. The van der Waals surface area contributed by atoms with E-state index in [1.165, 1.54) is 0 Å². The Kier molecular flexibility index (Phi) is 7.11. The first-order chi connectivity index (χ1) is 16.4. The lowest BCUT2D eigenvalue weighted by Crippen LogP contribution is -2.41. The number of nitrogens with zero attached hydrogens (tertiary/aromatic N) is 4. The molecule has 0 N–H and O–H groups in total. The van der Waals surface area contributed by atoms with Crippen LogP contribution in [0, 0.1) is 36.5 Å². The van der Waals surface area contributed by atoms with Gasteiger partial charge in [0, 0.05) is 36.4 Å². The largest absolute Gasteiger partial charge is 0.497 e. The molecule has 0 saturated carbocycles. The lowest BCUT2D eigenvalue weighted by molar-refractivity contribution is 0.00578. The molecule has 2 aromatic heterocycles. The van der Waals surface area contributed by atoms with Crippen molar-refractivity contribution in [2.24, 2.45) is 14.1 Å². The SMILES string of the molecule is Cc1c(B2OC(C)(C)C(C)(C)O2)cc(C#N)n1C.Cc1cc(B2OC(C)(C)C(C)(C)O2)c(C#N)n1C. The molecular weight excluding hydrogens is 454 g/mol. The van der Waals surface area contributed by atoms with Crippen LogP contribution in [-0.4, -0.2) is 45.8 Å². The van der Waals surface area contributed by atoms with Crippen LogP contribution >= 0.6 is 0 Å². The van der Waals surface area contributed by atoms with Crippen LogP contribution in [0.3, 0.4) is 0 Å². The van der Waals surface area contributed by atoms with E-state index in [9.17, 15) is 5.26 Å². The molecule has 0 atom stereocenters. The highest BCUT2D eigenvalue weighted by Gasteiger charge is 2.53. The maximum Gasteiger partial charge on any atom is 0.497 e. The molecule has 2 aromatic rings. The van der Waals surface area contributed by atoms with Crippen molar-refractivity contribution < 1.29 is 18.6 Å². The summed E-state index contributed by atoms with van der Waals surface area (Å²) in [6.07, 6.45) is 0. The Bertz CT molecular complexity index is 1210. The van der Waals surface area contributed by atoms with E-state index in [-0.39, 0.29) is 22.4 Å². The minimum absolute atomic E-state index is 0.354. The summed E-state index contributed by atoms with van der Waals surface area (Å²) in [7, 11) is 2.89. The van der Waals surface area contributed by atoms with Crippen LogP contribution in [0.15, 0.2) is 12.1 Å². The first-order valence-electron chi connectivity index (χ1n) is 12.2. The van der Waals surface area contributed by atoms with Gasteiger partial charge in [-0.2, -0.15) is 10.5 Å². The van der Waals surface area contributed by atoms with Crippen molar-refractivity contribution in [1.82, 2.24) is 9.13 Å². The summed E-state index contributed by atoms with van der Waals surface area (Å²) in [6.45, 7) is 20.1. The monoisotopic (exact) mass is 492 g/mol. The minimum Gasteiger partial charge on any atom is -0.399 e. The molecule has 4 heterocycles. The first kappa shape index (κ1) is 28.1. The van der Waals surface area contributed by atoms with Crippen molar-refractivity contribution in [3.63, 3.8) is 0 Å².